The van der Waals surface area contributed by atoms with Gasteiger partial charge in [-0.05, 0) is 38.5 Å². The summed E-state index contributed by atoms with van der Waals surface area (Å²) in [5.74, 6) is -0.494. The molecule has 1 radical (unpaired) electrons. The Kier molecular flexibility index (Phi) is 21.4. The van der Waals surface area contributed by atoms with E-state index in [0.29, 0.717) is 32.5 Å². The van der Waals surface area contributed by atoms with Gasteiger partial charge in [0, 0.05) is 68.6 Å². The number of rotatable bonds is 21. The summed E-state index contributed by atoms with van der Waals surface area (Å²) in [6.07, 6.45) is 21.8. The molecular weight excluding hydrogens is 475 g/mol. The van der Waals surface area contributed by atoms with Crippen LogP contribution in [-0.2, 0) is 19.7 Å². The first-order valence-corrected chi connectivity index (χ1v) is 15.1. The predicted molar refractivity (Wildman–Crippen MR) is 144 cm³/mol. The molecular formula is C26H48N2NaO5S. The zero-order chi connectivity index (χ0) is 25.1. The molecule has 1 rings (SSSR count). The second kappa shape index (κ2) is 21.7. The van der Waals surface area contributed by atoms with Gasteiger partial charge in [-0.25, -0.2) is 0 Å². The Balaban J connectivity index is 0.0000116. The van der Waals surface area contributed by atoms with Gasteiger partial charge < -0.3 is 9.80 Å². The Bertz CT molecular complexity index is 700. The molecule has 0 unspecified atom stereocenters. The Labute approximate surface area is 236 Å². The van der Waals surface area contributed by atoms with Crippen LogP contribution >= 0.6 is 0 Å². The van der Waals surface area contributed by atoms with Crippen LogP contribution in [0, 0.1) is 0 Å². The van der Waals surface area contributed by atoms with E-state index in [-0.39, 0.29) is 47.9 Å². The summed E-state index contributed by atoms with van der Waals surface area (Å²) in [4.78, 5) is 27.6. The maximum Gasteiger partial charge on any atom is 0.266 e. The second-order valence-corrected chi connectivity index (χ2v) is 11.1. The summed E-state index contributed by atoms with van der Waals surface area (Å²) in [6.45, 7) is 3.63. The quantitative estimate of drug-likeness (QED) is 0.0991. The van der Waals surface area contributed by atoms with Crippen LogP contribution in [-0.4, -0.2) is 96.1 Å². The molecule has 35 heavy (non-hydrogen) atoms. The summed E-state index contributed by atoms with van der Waals surface area (Å²) < 4.78 is 31.3. The second-order valence-electron chi connectivity index (χ2n) is 9.49. The van der Waals surface area contributed by atoms with Crippen LogP contribution in [0.2, 0.25) is 0 Å². The average molecular weight is 524 g/mol. The Morgan fingerprint density at radius 1 is 0.943 bits per heavy atom. The molecule has 0 spiro atoms. The van der Waals surface area contributed by atoms with E-state index in [1.807, 2.05) is 0 Å². The molecule has 0 aromatic carbocycles. The van der Waals surface area contributed by atoms with Gasteiger partial charge in [-0.3, -0.25) is 14.1 Å². The maximum atomic E-state index is 12.6. The molecule has 1 aliphatic heterocycles. The third kappa shape index (κ3) is 19.4. The molecule has 0 aromatic heterocycles. The first kappa shape index (κ1) is 34.6. The molecule has 1 aliphatic rings. The van der Waals surface area contributed by atoms with Crippen molar-refractivity contribution in [2.24, 2.45) is 0 Å². The monoisotopic (exact) mass is 523 g/mol. The van der Waals surface area contributed by atoms with Crippen molar-refractivity contribution in [1.29, 1.82) is 0 Å². The van der Waals surface area contributed by atoms with Crippen molar-refractivity contribution in [1.82, 2.24) is 9.80 Å². The minimum Gasteiger partial charge on any atom is -0.341 e. The minimum absolute atomic E-state index is 0. The molecule has 0 atom stereocenters. The van der Waals surface area contributed by atoms with Gasteiger partial charge in [-0.15, -0.1) is 0 Å². The van der Waals surface area contributed by atoms with E-state index in [1.165, 1.54) is 56.3 Å². The first-order valence-electron chi connectivity index (χ1n) is 13.5. The van der Waals surface area contributed by atoms with E-state index in [4.69, 9.17) is 4.55 Å². The number of unbranched alkanes of at least 4 members (excludes halogenated alkanes) is 11. The van der Waals surface area contributed by atoms with Crippen molar-refractivity contribution in [2.75, 3.05) is 31.9 Å². The zero-order valence-electron chi connectivity index (χ0n) is 22.4. The number of nitrogens with zero attached hydrogens (tertiary/aromatic N) is 2. The van der Waals surface area contributed by atoms with Crippen molar-refractivity contribution in [3.05, 3.63) is 12.2 Å². The van der Waals surface area contributed by atoms with Gasteiger partial charge in [0.25, 0.3) is 10.1 Å². The molecule has 1 heterocycles. The average Bonchev–Trinajstić information content (AvgIpc) is 3.20. The summed E-state index contributed by atoms with van der Waals surface area (Å²) >= 11 is 0. The van der Waals surface area contributed by atoms with Gasteiger partial charge >= 0.3 is 0 Å². The molecule has 0 aromatic rings. The Morgan fingerprint density at radius 3 is 2.06 bits per heavy atom. The summed E-state index contributed by atoms with van der Waals surface area (Å²) in [5, 5.41) is 0. The van der Waals surface area contributed by atoms with E-state index in [0.717, 1.165) is 38.5 Å². The van der Waals surface area contributed by atoms with E-state index >= 15 is 0 Å². The van der Waals surface area contributed by atoms with Gasteiger partial charge in [-0.1, -0.05) is 70.4 Å². The van der Waals surface area contributed by atoms with E-state index in [1.54, 1.807) is 4.90 Å². The fraction of sp³-hybridized carbons (Fsp3) is 0.846. The smallest absolute Gasteiger partial charge is 0.266 e. The summed E-state index contributed by atoms with van der Waals surface area (Å²) in [6, 6.07) is 0. The number of carbonyl (C=O) groups is 2. The van der Waals surface area contributed by atoms with Crippen LogP contribution in [0.1, 0.15) is 110 Å². The van der Waals surface area contributed by atoms with Crippen molar-refractivity contribution in [3.8, 4) is 0 Å². The van der Waals surface area contributed by atoms with E-state index in [2.05, 4.69) is 19.1 Å². The number of likely N-dealkylation sites (tertiary alicyclic amines) is 1. The van der Waals surface area contributed by atoms with Gasteiger partial charge in [-0.2, -0.15) is 8.42 Å². The van der Waals surface area contributed by atoms with Crippen LogP contribution in [0.5, 0.6) is 0 Å². The van der Waals surface area contributed by atoms with Crippen molar-refractivity contribution < 1.29 is 22.6 Å². The number of allylic oxidation sites excluding steroid dienone is 2. The van der Waals surface area contributed by atoms with Gasteiger partial charge in [0.15, 0.2) is 0 Å². The number of amides is 2. The fourth-order valence-corrected chi connectivity index (χ4v) is 4.72. The topological polar surface area (TPSA) is 95.0 Å². The van der Waals surface area contributed by atoms with Crippen LogP contribution < -0.4 is 0 Å². The van der Waals surface area contributed by atoms with Gasteiger partial charge in [0.2, 0.25) is 11.8 Å². The normalized spacial score (nSPS) is 14.0. The fourth-order valence-electron chi connectivity index (χ4n) is 4.27. The standard InChI is InChI=1S/C26H48N2O5S.Na/c1-2-3-4-5-6-7-8-9-10-11-12-13-14-15-16-18-25(29)28(23-24-34(31,32)33)22-21-27-20-17-19-26(27)30;/h9-10H,2-8,11-24H2,1H3,(H,31,32,33);. The third-order valence-electron chi connectivity index (χ3n) is 6.44. The molecule has 7 nitrogen and oxygen atoms in total. The van der Waals surface area contributed by atoms with Crippen LogP contribution in [0.15, 0.2) is 12.2 Å². The minimum atomic E-state index is -4.13. The zero-order valence-corrected chi connectivity index (χ0v) is 25.2. The van der Waals surface area contributed by atoms with Gasteiger partial charge in [0.05, 0.1) is 5.75 Å². The predicted octanol–water partition coefficient (Wildman–Crippen LogP) is 4.98. The summed E-state index contributed by atoms with van der Waals surface area (Å²) in [5.41, 5.74) is 0. The van der Waals surface area contributed by atoms with Crippen LogP contribution in [0.4, 0.5) is 0 Å². The molecule has 199 valence electrons. The molecule has 1 fully saturated rings. The SMILES string of the molecule is CCCCCCCCC=CCCCCCCCC(=O)N(CCN1CCCC1=O)CCS(=O)(=O)O.[Na]. The molecule has 0 bridgehead atoms. The summed E-state index contributed by atoms with van der Waals surface area (Å²) in [7, 11) is -4.13. The molecule has 1 N–H and O–H groups in total. The van der Waals surface area contributed by atoms with Gasteiger partial charge in [0.1, 0.15) is 0 Å². The molecule has 1 saturated heterocycles. The number of hydrogen-bond acceptors (Lipinski definition) is 4. The third-order valence-corrected chi connectivity index (χ3v) is 7.13. The van der Waals surface area contributed by atoms with Crippen molar-refractivity contribution in [3.63, 3.8) is 0 Å². The maximum absolute atomic E-state index is 12.6. The molecule has 0 saturated carbocycles. The van der Waals surface area contributed by atoms with Crippen molar-refractivity contribution in [2.45, 2.75) is 110 Å². The van der Waals surface area contributed by atoms with E-state index in [9.17, 15) is 18.0 Å². The van der Waals surface area contributed by atoms with E-state index < -0.39 is 15.9 Å². The first-order chi connectivity index (χ1) is 16.3. The molecule has 2 amide bonds. The Morgan fingerprint density at radius 2 is 1.51 bits per heavy atom. The van der Waals surface area contributed by atoms with Crippen molar-refractivity contribution >= 4 is 51.5 Å². The Hall–Kier alpha value is -0.410. The largest absolute Gasteiger partial charge is 0.341 e. The number of hydrogen-bond donors (Lipinski definition) is 1. The molecule has 0 aliphatic carbocycles. The number of carbonyl (C=O) groups excluding carboxylic acids is 2. The van der Waals surface area contributed by atoms with Crippen LogP contribution in [0.25, 0.3) is 0 Å². The van der Waals surface area contributed by atoms with Crippen LogP contribution in [0.3, 0.4) is 0 Å². The molecule has 9 heteroatoms.